The summed E-state index contributed by atoms with van der Waals surface area (Å²) in [4.78, 5) is 57.7. The fourth-order valence-corrected chi connectivity index (χ4v) is 5.60. The zero-order chi connectivity index (χ0) is 38.0. The third-order valence-electron chi connectivity index (χ3n) is 8.46. The van der Waals surface area contributed by atoms with E-state index in [1.54, 1.807) is 12.1 Å². The molecule has 0 saturated heterocycles. The quantitative estimate of drug-likeness (QED) is 0.0403. The van der Waals surface area contributed by atoms with E-state index in [1.807, 2.05) is 84.9 Å². The first kappa shape index (κ1) is 39.6. The van der Waals surface area contributed by atoms with Gasteiger partial charge in [-0.3, -0.25) is 24.2 Å². The average molecular weight is 721 g/mol. The number of hydrogen-bond donors (Lipinski definition) is 8. The molecule has 4 amide bonds. The molecule has 53 heavy (non-hydrogen) atoms. The van der Waals surface area contributed by atoms with Crippen molar-refractivity contribution in [3.8, 4) is 16.9 Å². The van der Waals surface area contributed by atoms with E-state index in [-0.39, 0.29) is 44.1 Å². The van der Waals surface area contributed by atoms with E-state index in [4.69, 9.17) is 17.2 Å². The zero-order valence-electron chi connectivity index (χ0n) is 29.5. The van der Waals surface area contributed by atoms with Crippen LogP contribution >= 0.6 is 0 Å². The Bertz CT molecular complexity index is 1800. The minimum atomic E-state index is -1.13. The number of nitrogens with two attached hydrogens (primary N) is 3. The monoisotopic (exact) mass is 720 g/mol. The molecule has 0 fully saturated rings. The van der Waals surface area contributed by atoms with Crippen LogP contribution in [0.3, 0.4) is 0 Å². The van der Waals surface area contributed by atoms with Gasteiger partial charge in [0.2, 0.25) is 23.6 Å². The lowest BCUT2D eigenvalue weighted by Crippen LogP contribution is -2.58. The predicted octanol–water partition coefficient (Wildman–Crippen LogP) is 1.67. The number of aliphatic imine (C=N–C) groups is 1. The van der Waals surface area contributed by atoms with Crippen LogP contribution in [0.25, 0.3) is 11.1 Å². The number of carbonyl (C=O) groups excluding carboxylic acids is 4. The third kappa shape index (κ3) is 13.5. The summed E-state index contributed by atoms with van der Waals surface area (Å²) in [6.07, 6.45) is 1.15. The van der Waals surface area contributed by atoms with Crippen molar-refractivity contribution in [3.05, 3.63) is 126 Å². The van der Waals surface area contributed by atoms with Gasteiger partial charge >= 0.3 is 0 Å². The molecule has 278 valence electrons. The SMILES string of the molecule is NC[C@H](NC(=O)Cc1ccc(-c2ccccc2)cc1)C(=O)N[C@H](CCCN=C(N)N)C(=O)N[C@@H](Cc1ccc(O)cc1)C(=O)NCCc1ccccc1. The van der Waals surface area contributed by atoms with E-state index in [0.717, 1.165) is 22.3 Å². The Balaban J connectivity index is 1.42. The molecule has 11 N–H and O–H groups in total. The Labute approximate surface area is 309 Å². The van der Waals surface area contributed by atoms with E-state index < -0.39 is 41.8 Å². The molecule has 0 aliphatic carbocycles. The van der Waals surface area contributed by atoms with Gasteiger partial charge in [-0.05, 0) is 59.2 Å². The number of benzene rings is 4. The highest BCUT2D eigenvalue weighted by Gasteiger charge is 2.29. The molecule has 0 radical (unpaired) electrons. The van der Waals surface area contributed by atoms with E-state index in [1.165, 1.54) is 12.1 Å². The van der Waals surface area contributed by atoms with Gasteiger partial charge in [-0.25, -0.2) is 0 Å². The Morgan fingerprint density at radius 3 is 1.87 bits per heavy atom. The number of phenolic OH excluding ortho intramolecular Hbond substituents is 1. The van der Waals surface area contributed by atoms with Gasteiger partial charge in [0.05, 0.1) is 6.42 Å². The normalized spacial score (nSPS) is 12.4. The highest BCUT2D eigenvalue weighted by Crippen LogP contribution is 2.19. The summed E-state index contributed by atoms with van der Waals surface area (Å²) in [7, 11) is 0. The first-order valence-corrected chi connectivity index (χ1v) is 17.5. The second-order valence-corrected chi connectivity index (χ2v) is 12.6. The van der Waals surface area contributed by atoms with Crippen LogP contribution in [-0.4, -0.2) is 72.5 Å². The van der Waals surface area contributed by atoms with Crippen molar-refractivity contribution in [1.29, 1.82) is 0 Å². The molecule has 0 aliphatic heterocycles. The standard InChI is InChI=1S/C40H48N8O5/c41-26-35(46-36(50)25-29-13-17-31(18-14-29)30-10-5-2-6-11-30)39(53)47-33(12-7-22-45-40(42)43)38(52)48-34(24-28-15-19-32(49)20-16-28)37(51)44-23-21-27-8-3-1-4-9-27/h1-6,8-11,13-20,33-35,49H,7,12,21-26,41H2,(H,44,51)(H,46,50)(H,47,53)(H,48,52)(H4,42,43,45)/t33-,34+,35+/m1/s1. The number of hydrogen-bond acceptors (Lipinski definition) is 7. The smallest absolute Gasteiger partial charge is 0.244 e. The van der Waals surface area contributed by atoms with E-state index in [9.17, 15) is 24.3 Å². The van der Waals surface area contributed by atoms with Crippen LogP contribution < -0.4 is 38.5 Å². The number of aromatic hydroxyl groups is 1. The number of carbonyl (C=O) groups is 4. The molecule has 0 spiro atoms. The molecular weight excluding hydrogens is 672 g/mol. The molecule has 13 nitrogen and oxygen atoms in total. The van der Waals surface area contributed by atoms with Crippen molar-refractivity contribution in [1.82, 2.24) is 21.3 Å². The van der Waals surface area contributed by atoms with Gasteiger partial charge in [0.15, 0.2) is 5.96 Å². The summed E-state index contributed by atoms with van der Waals surface area (Å²) in [6, 6.07) is 30.1. The van der Waals surface area contributed by atoms with Crippen molar-refractivity contribution < 1.29 is 24.3 Å². The molecule has 4 aromatic carbocycles. The van der Waals surface area contributed by atoms with Crippen molar-refractivity contribution in [2.75, 3.05) is 19.6 Å². The Morgan fingerprint density at radius 1 is 0.642 bits per heavy atom. The van der Waals surface area contributed by atoms with Crippen molar-refractivity contribution in [2.24, 2.45) is 22.2 Å². The summed E-state index contributed by atoms with van der Waals surface area (Å²) in [5.41, 5.74) is 21.4. The molecule has 4 rings (SSSR count). The lowest BCUT2D eigenvalue weighted by atomic mass is 10.0. The second-order valence-electron chi connectivity index (χ2n) is 12.6. The highest BCUT2D eigenvalue weighted by molar-refractivity contribution is 5.94. The number of phenols is 1. The summed E-state index contributed by atoms with van der Waals surface area (Å²) < 4.78 is 0. The molecule has 0 unspecified atom stereocenters. The van der Waals surface area contributed by atoms with E-state index in [0.29, 0.717) is 24.9 Å². The maximum Gasteiger partial charge on any atom is 0.244 e. The van der Waals surface area contributed by atoms with Crippen LogP contribution in [0, 0.1) is 0 Å². The van der Waals surface area contributed by atoms with E-state index in [2.05, 4.69) is 26.3 Å². The van der Waals surface area contributed by atoms with Crippen LogP contribution in [-0.2, 0) is 38.4 Å². The first-order chi connectivity index (χ1) is 25.6. The Morgan fingerprint density at radius 2 is 1.23 bits per heavy atom. The number of rotatable bonds is 19. The molecule has 0 aliphatic rings. The minimum Gasteiger partial charge on any atom is -0.508 e. The largest absolute Gasteiger partial charge is 0.508 e. The van der Waals surface area contributed by atoms with Crippen molar-refractivity contribution >= 4 is 29.6 Å². The molecular formula is C40H48N8O5. The lowest BCUT2D eigenvalue weighted by Gasteiger charge is -2.25. The molecule has 0 heterocycles. The molecule has 0 bridgehead atoms. The van der Waals surface area contributed by atoms with Crippen LogP contribution in [0.4, 0.5) is 0 Å². The summed E-state index contributed by atoms with van der Waals surface area (Å²) in [6.45, 7) is 0.303. The molecule has 0 aromatic heterocycles. The Kier molecular flexibility index (Phi) is 15.4. The van der Waals surface area contributed by atoms with Crippen molar-refractivity contribution in [3.63, 3.8) is 0 Å². The fraction of sp³-hybridized carbons (Fsp3) is 0.275. The molecule has 13 heteroatoms. The molecule has 0 saturated carbocycles. The van der Waals surface area contributed by atoms with Gasteiger partial charge in [0, 0.05) is 26.1 Å². The maximum absolute atomic E-state index is 13.8. The molecule has 4 aromatic rings. The van der Waals surface area contributed by atoms with E-state index >= 15 is 0 Å². The number of amides is 4. The average Bonchev–Trinajstić information content (AvgIpc) is 3.16. The summed E-state index contributed by atoms with van der Waals surface area (Å²) in [5, 5.41) is 20.8. The molecule has 3 atom stereocenters. The van der Waals surface area contributed by atoms with Crippen LogP contribution in [0.5, 0.6) is 5.75 Å². The predicted molar refractivity (Wildman–Crippen MR) is 205 cm³/mol. The first-order valence-electron chi connectivity index (χ1n) is 17.5. The number of nitrogens with one attached hydrogen (secondary N) is 4. The highest BCUT2D eigenvalue weighted by atomic mass is 16.3. The summed E-state index contributed by atoms with van der Waals surface area (Å²) >= 11 is 0. The van der Waals surface area contributed by atoms with Crippen LogP contribution in [0.15, 0.2) is 114 Å². The van der Waals surface area contributed by atoms with Gasteiger partial charge in [-0.1, -0.05) is 97.1 Å². The summed E-state index contributed by atoms with van der Waals surface area (Å²) in [5.74, 6) is -2.17. The second kappa shape index (κ2) is 20.6. The number of guanidine groups is 1. The van der Waals surface area contributed by atoms with Gasteiger partial charge in [0.1, 0.15) is 23.9 Å². The minimum absolute atomic E-state index is 0.0135. The van der Waals surface area contributed by atoms with Crippen LogP contribution in [0.1, 0.15) is 29.5 Å². The topological polar surface area (TPSA) is 227 Å². The zero-order valence-corrected chi connectivity index (χ0v) is 29.5. The van der Waals surface area contributed by atoms with Gasteiger partial charge < -0.3 is 43.6 Å². The number of nitrogens with zero attached hydrogens (tertiary/aromatic N) is 1. The van der Waals surface area contributed by atoms with Gasteiger partial charge in [-0.2, -0.15) is 0 Å². The van der Waals surface area contributed by atoms with Crippen LogP contribution in [0.2, 0.25) is 0 Å². The maximum atomic E-state index is 13.8. The van der Waals surface area contributed by atoms with Crippen molar-refractivity contribution in [2.45, 2.75) is 50.2 Å². The lowest BCUT2D eigenvalue weighted by molar-refractivity contribution is -0.133. The third-order valence-corrected chi connectivity index (χ3v) is 8.46. The van der Waals surface area contributed by atoms with Gasteiger partial charge in [0.25, 0.3) is 0 Å². The fourth-order valence-electron chi connectivity index (χ4n) is 5.60. The van der Waals surface area contributed by atoms with Gasteiger partial charge in [-0.15, -0.1) is 0 Å². The Hall–Kier alpha value is -6.21.